The summed E-state index contributed by atoms with van der Waals surface area (Å²) in [6.07, 6.45) is 1.33. The van der Waals surface area contributed by atoms with E-state index in [0.29, 0.717) is 0 Å². The van der Waals surface area contributed by atoms with Crippen molar-refractivity contribution >= 4 is 5.96 Å². The van der Waals surface area contributed by atoms with Crippen LogP contribution in [0.2, 0.25) is 0 Å². The van der Waals surface area contributed by atoms with Crippen molar-refractivity contribution < 1.29 is 4.74 Å². The molecule has 0 bridgehead atoms. The fraction of sp³-hybridized carbons (Fsp3) is 0.917. The number of nitrogens with one attached hydrogen (secondary N) is 2. The van der Waals surface area contributed by atoms with Crippen molar-refractivity contribution in [3.05, 3.63) is 0 Å². The highest BCUT2D eigenvalue weighted by Gasteiger charge is 2.17. The smallest absolute Gasteiger partial charge is 0.191 e. The first-order valence-electron chi connectivity index (χ1n) is 6.58. The number of likely N-dealkylation sites (N-methyl/N-ethyl adjacent to an activating group) is 1. The third-order valence-electron chi connectivity index (χ3n) is 2.68. The fourth-order valence-corrected chi connectivity index (χ4v) is 1.76. The molecule has 100 valence electrons. The molecule has 1 saturated heterocycles. The summed E-state index contributed by atoms with van der Waals surface area (Å²) in [4.78, 5) is 6.84. The molecule has 1 aliphatic heterocycles. The Labute approximate surface area is 105 Å². The molecule has 5 heteroatoms. The molecule has 1 heterocycles. The molecule has 0 spiro atoms. The Bertz CT molecular complexity index is 233. The van der Waals surface area contributed by atoms with Gasteiger partial charge in [-0.1, -0.05) is 6.92 Å². The lowest BCUT2D eigenvalue weighted by molar-refractivity contribution is -0.0136. The predicted molar refractivity (Wildman–Crippen MR) is 71.5 cm³/mol. The van der Waals surface area contributed by atoms with Gasteiger partial charge < -0.3 is 20.3 Å². The van der Waals surface area contributed by atoms with E-state index >= 15 is 0 Å². The lowest BCUT2D eigenvalue weighted by Crippen LogP contribution is -2.43. The summed E-state index contributed by atoms with van der Waals surface area (Å²) in [5, 5.41) is 6.53. The number of nitrogens with zero attached hydrogens (tertiary/aromatic N) is 2. The molecule has 1 atom stereocenters. The minimum atomic E-state index is 0.228. The van der Waals surface area contributed by atoms with Gasteiger partial charge in [-0.2, -0.15) is 0 Å². The predicted octanol–water partition coefficient (Wildman–Crippen LogP) is 0.282. The monoisotopic (exact) mass is 242 g/mol. The average molecular weight is 242 g/mol. The second-order valence-corrected chi connectivity index (χ2v) is 4.40. The maximum absolute atomic E-state index is 5.68. The SMILES string of the molecule is CCCNC(=NCC1CN(C)CCO1)NCC. The highest BCUT2D eigenvalue weighted by atomic mass is 16.5. The summed E-state index contributed by atoms with van der Waals surface area (Å²) in [5.41, 5.74) is 0. The van der Waals surface area contributed by atoms with Crippen LogP contribution in [0.25, 0.3) is 0 Å². The van der Waals surface area contributed by atoms with Gasteiger partial charge in [-0.25, -0.2) is 0 Å². The average Bonchev–Trinajstić information content (AvgIpc) is 2.33. The van der Waals surface area contributed by atoms with E-state index in [-0.39, 0.29) is 6.10 Å². The standard InChI is InChI=1S/C12H26N4O/c1-4-6-14-12(13-5-2)15-9-11-10-16(3)7-8-17-11/h11H,4-10H2,1-3H3,(H2,13,14,15). The van der Waals surface area contributed by atoms with Gasteiger partial charge in [0.1, 0.15) is 0 Å². The van der Waals surface area contributed by atoms with Crippen molar-refractivity contribution in [2.45, 2.75) is 26.4 Å². The van der Waals surface area contributed by atoms with Crippen molar-refractivity contribution in [3.8, 4) is 0 Å². The van der Waals surface area contributed by atoms with Gasteiger partial charge in [0.25, 0.3) is 0 Å². The molecule has 1 rings (SSSR count). The highest BCUT2D eigenvalue weighted by Crippen LogP contribution is 2.02. The van der Waals surface area contributed by atoms with Gasteiger partial charge in [0.05, 0.1) is 19.3 Å². The van der Waals surface area contributed by atoms with Gasteiger partial charge in [-0.05, 0) is 20.4 Å². The minimum Gasteiger partial charge on any atom is -0.374 e. The van der Waals surface area contributed by atoms with E-state index in [4.69, 9.17) is 4.74 Å². The fourth-order valence-electron chi connectivity index (χ4n) is 1.76. The van der Waals surface area contributed by atoms with Crippen molar-refractivity contribution in [2.24, 2.45) is 4.99 Å². The zero-order valence-corrected chi connectivity index (χ0v) is 11.3. The van der Waals surface area contributed by atoms with Crippen LogP contribution in [0.1, 0.15) is 20.3 Å². The normalized spacial score (nSPS) is 22.5. The largest absolute Gasteiger partial charge is 0.374 e. The zero-order chi connectivity index (χ0) is 12.5. The quantitative estimate of drug-likeness (QED) is 0.537. The Kier molecular flexibility index (Phi) is 6.96. The van der Waals surface area contributed by atoms with Crippen LogP contribution >= 0.6 is 0 Å². The first-order valence-corrected chi connectivity index (χ1v) is 6.58. The molecule has 0 aromatic carbocycles. The Morgan fingerprint density at radius 3 is 2.88 bits per heavy atom. The lowest BCUT2D eigenvalue weighted by atomic mass is 10.3. The molecular weight excluding hydrogens is 216 g/mol. The molecule has 17 heavy (non-hydrogen) atoms. The van der Waals surface area contributed by atoms with Crippen LogP contribution in [0.15, 0.2) is 4.99 Å². The van der Waals surface area contributed by atoms with Crippen molar-refractivity contribution in [3.63, 3.8) is 0 Å². The summed E-state index contributed by atoms with van der Waals surface area (Å²) >= 11 is 0. The van der Waals surface area contributed by atoms with Crippen LogP contribution < -0.4 is 10.6 Å². The number of hydrogen-bond acceptors (Lipinski definition) is 3. The van der Waals surface area contributed by atoms with Crippen molar-refractivity contribution in [2.75, 3.05) is 46.4 Å². The summed E-state index contributed by atoms with van der Waals surface area (Å²) in [5.74, 6) is 0.895. The molecule has 1 aliphatic rings. The summed E-state index contributed by atoms with van der Waals surface area (Å²) < 4.78 is 5.68. The van der Waals surface area contributed by atoms with Crippen LogP contribution in [-0.4, -0.2) is 63.3 Å². The highest BCUT2D eigenvalue weighted by molar-refractivity contribution is 5.79. The first-order chi connectivity index (χ1) is 8.26. The minimum absolute atomic E-state index is 0.228. The van der Waals surface area contributed by atoms with Crippen LogP contribution in [0.4, 0.5) is 0 Å². The van der Waals surface area contributed by atoms with Gasteiger partial charge in [-0.3, -0.25) is 4.99 Å². The van der Waals surface area contributed by atoms with E-state index in [2.05, 4.69) is 41.4 Å². The summed E-state index contributed by atoms with van der Waals surface area (Å²) in [6, 6.07) is 0. The Hall–Kier alpha value is -0.810. The zero-order valence-electron chi connectivity index (χ0n) is 11.3. The molecule has 0 radical (unpaired) electrons. The van der Waals surface area contributed by atoms with E-state index in [0.717, 1.165) is 51.7 Å². The molecule has 0 aromatic rings. The second-order valence-electron chi connectivity index (χ2n) is 4.40. The second kappa shape index (κ2) is 8.31. The Balaban J connectivity index is 2.35. The number of aliphatic imine (C=N–C) groups is 1. The Morgan fingerprint density at radius 1 is 1.41 bits per heavy atom. The van der Waals surface area contributed by atoms with Crippen LogP contribution in [0.5, 0.6) is 0 Å². The molecule has 0 saturated carbocycles. The maximum atomic E-state index is 5.68. The van der Waals surface area contributed by atoms with E-state index in [9.17, 15) is 0 Å². The molecule has 0 aliphatic carbocycles. The summed E-state index contributed by atoms with van der Waals surface area (Å²) in [7, 11) is 2.12. The van der Waals surface area contributed by atoms with Gasteiger partial charge >= 0.3 is 0 Å². The summed E-state index contributed by atoms with van der Waals surface area (Å²) in [6.45, 7) is 9.60. The van der Waals surface area contributed by atoms with Gasteiger partial charge in [0.2, 0.25) is 0 Å². The molecule has 0 amide bonds. The van der Waals surface area contributed by atoms with Crippen LogP contribution in [-0.2, 0) is 4.74 Å². The number of morpholine rings is 1. The lowest BCUT2D eigenvalue weighted by Gasteiger charge is -2.29. The van der Waals surface area contributed by atoms with Gasteiger partial charge in [-0.15, -0.1) is 0 Å². The molecule has 2 N–H and O–H groups in total. The van der Waals surface area contributed by atoms with E-state index in [1.54, 1.807) is 0 Å². The first kappa shape index (κ1) is 14.3. The molecule has 0 aromatic heterocycles. The van der Waals surface area contributed by atoms with Gasteiger partial charge in [0, 0.05) is 26.2 Å². The third-order valence-corrected chi connectivity index (χ3v) is 2.68. The van der Waals surface area contributed by atoms with Crippen LogP contribution in [0.3, 0.4) is 0 Å². The third kappa shape index (κ3) is 5.89. The number of rotatable bonds is 5. The number of ether oxygens (including phenoxy) is 1. The topological polar surface area (TPSA) is 48.9 Å². The molecular formula is C12H26N4O. The van der Waals surface area contributed by atoms with Crippen LogP contribution in [0, 0.1) is 0 Å². The van der Waals surface area contributed by atoms with E-state index < -0.39 is 0 Å². The molecule has 1 unspecified atom stereocenters. The van der Waals surface area contributed by atoms with E-state index in [1.165, 1.54) is 0 Å². The number of hydrogen-bond donors (Lipinski definition) is 2. The van der Waals surface area contributed by atoms with E-state index in [1.807, 2.05) is 0 Å². The molecule has 5 nitrogen and oxygen atoms in total. The van der Waals surface area contributed by atoms with Gasteiger partial charge in [0.15, 0.2) is 5.96 Å². The maximum Gasteiger partial charge on any atom is 0.191 e. The number of guanidine groups is 1. The Morgan fingerprint density at radius 2 is 2.24 bits per heavy atom. The van der Waals surface area contributed by atoms with Crippen molar-refractivity contribution in [1.29, 1.82) is 0 Å². The molecule has 1 fully saturated rings. The van der Waals surface area contributed by atoms with Crippen molar-refractivity contribution in [1.82, 2.24) is 15.5 Å².